The first-order chi connectivity index (χ1) is 5.35. The summed E-state index contributed by atoms with van der Waals surface area (Å²) in [5.74, 6) is -0.747. The Bertz CT molecular complexity index is 152. The van der Waals surface area contributed by atoms with Crippen LogP contribution >= 0.6 is 0 Å². The molecular weight excluding hydrogens is 156 g/mol. The Morgan fingerprint density at radius 3 is 2.25 bits per heavy atom. The summed E-state index contributed by atoms with van der Waals surface area (Å²) in [5, 5.41) is 11.6. The number of likely N-dealkylation sites (N-methyl/N-ethyl adjacent to an activating group) is 2. The van der Waals surface area contributed by atoms with E-state index in [1.165, 1.54) is 0 Å². The Balaban J connectivity index is 3.92. The van der Waals surface area contributed by atoms with E-state index in [0.717, 1.165) is 11.0 Å². The number of aliphatic carboxylic acids is 1. The Morgan fingerprint density at radius 1 is 1.50 bits per heavy atom. The van der Waals surface area contributed by atoms with E-state index in [1.54, 1.807) is 7.05 Å². The predicted molar refractivity (Wildman–Crippen MR) is 48.0 cm³/mol. The molecule has 0 aromatic rings. The lowest BCUT2D eigenvalue weighted by molar-refractivity contribution is -0.871. The van der Waals surface area contributed by atoms with Crippen LogP contribution in [0.1, 0.15) is 6.42 Å². The zero-order valence-corrected chi connectivity index (χ0v) is 8.29. The zero-order valence-electron chi connectivity index (χ0n) is 8.29. The van der Waals surface area contributed by atoms with Gasteiger partial charge in [0.15, 0.2) is 0 Å². The average molecular weight is 175 g/mol. The topological polar surface area (TPSA) is 49.3 Å². The fourth-order valence-electron chi connectivity index (χ4n) is 1.13. The average Bonchev–Trinajstić information content (AvgIpc) is 1.82. The Kier molecular flexibility index (Phi) is 4.20. The summed E-state index contributed by atoms with van der Waals surface area (Å²) in [4.78, 5) is 10.4. The number of carbonyl (C=O) groups is 1. The van der Waals surface area contributed by atoms with Crippen molar-refractivity contribution in [1.29, 1.82) is 0 Å². The van der Waals surface area contributed by atoms with E-state index in [1.807, 2.05) is 21.1 Å². The van der Waals surface area contributed by atoms with E-state index in [4.69, 9.17) is 5.11 Å². The lowest BCUT2D eigenvalue weighted by Crippen LogP contribution is -2.46. The van der Waals surface area contributed by atoms with Gasteiger partial charge in [0, 0.05) is 0 Å². The molecule has 0 aromatic carbocycles. The van der Waals surface area contributed by atoms with E-state index in [-0.39, 0.29) is 12.5 Å². The molecule has 0 heterocycles. The van der Waals surface area contributed by atoms with Crippen LogP contribution in [0.3, 0.4) is 0 Å². The number of carboxylic acid groups (broad SMARTS) is 1. The van der Waals surface area contributed by atoms with Crippen molar-refractivity contribution < 1.29 is 14.4 Å². The lowest BCUT2D eigenvalue weighted by Gasteiger charge is -2.28. The van der Waals surface area contributed by atoms with Crippen LogP contribution in [-0.2, 0) is 4.79 Å². The molecule has 4 nitrogen and oxygen atoms in total. The minimum atomic E-state index is -0.747. The summed E-state index contributed by atoms with van der Waals surface area (Å²) in [6.45, 7) is 0.822. The standard InChI is InChI=1S/C8H18N2O2/c1-9-7(5-8(11)12)6-10(2,3)4/h7,9H,5-6H2,1-4H3/p+1. The SMILES string of the molecule is CNC(CC(=O)O)C[N+](C)(C)C. The van der Waals surface area contributed by atoms with Crippen molar-refractivity contribution in [2.75, 3.05) is 34.7 Å². The van der Waals surface area contributed by atoms with Crippen LogP contribution in [0.5, 0.6) is 0 Å². The Morgan fingerprint density at radius 2 is 2.00 bits per heavy atom. The van der Waals surface area contributed by atoms with Crippen molar-refractivity contribution in [2.45, 2.75) is 12.5 Å². The molecule has 0 bridgehead atoms. The number of hydrogen-bond donors (Lipinski definition) is 2. The summed E-state index contributed by atoms with van der Waals surface area (Å²) in [5.41, 5.74) is 0. The second-order valence-corrected chi connectivity index (χ2v) is 4.06. The summed E-state index contributed by atoms with van der Waals surface area (Å²) in [6, 6.07) is 0.0579. The fourth-order valence-corrected chi connectivity index (χ4v) is 1.13. The molecule has 0 fully saturated rings. The van der Waals surface area contributed by atoms with E-state index in [0.29, 0.717) is 0 Å². The van der Waals surface area contributed by atoms with Gasteiger partial charge in [-0.2, -0.15) is 0 Å². The molecule has 1 unspecified atom stereocenters. The number of rotatable bonds is 5. The molecule has 4 heteroatoms. The van der Waals surface area contributed by atoms with Gasteiger partial charge in [0.1, 0.15) is 0 Å². The maximum Gasteiger partial charge on any atom is 0.305 e. The first-order valence-electron chi connectivity index (χ1n) is 4.04. The summed E-state index contributed by atoms with van der Waals surface area (Å²) in [6.07, 6.45) is 0.187. The van der Waals surface area contributed by atoms with E-state index in [2.05, 4.69) is 5.32 Å². The van der Waals surface area contributed by atoms with Crippen LogP contribution in [0, 0.1) is 0 Å². The summed E-state index contributed by atoms with van der Waals surface area (Å²) < 4.78 is 0.777. The van der Waals surface area contributed by atoms with Crippen molar-refractivity contribution in [3.8, 4) is 0 Å². The molecule has 72 valence electrons. The van der Waals surface area contributed by atoms with Gasteiger partial charge in [0.25, 0.3) is 0 Å². The van der Waals surface area contributed by atoms with E-state index in [9.17, 15) is 4.79 Å². The monoisotopic (exact) mass is 175 g/mol. The zero-order chi connectivity index (χ0) is 9.78. The first-order valence-corrected chi connectivity index (χ1v) is 4.04. The second-order valence-electron chi connectivity index (χ2n) is 4.06. The highest BCUT2D eigenvalue weighted by Gasteiger charge is 2.18. The third-order valence-electron chi connectivity index (χ3n) is 1.60. The van der Waals surface area contributed by atoms with Crippen molar-refractivity contribution in [2.24, 2.45) is 0 Å². The number of quaternary nitrogens is 1. The molecule has 0 aliphatic carbocycles. The molecule has 0 aromatic heterocycles. The molecule has 0 spiro atoms. The minimum absolute atomic E-state index is 0.0579. The quantitative estimate of drug-likeness (QED) is 0.567. The van der Waals surface area contributed by atoms with Gasteiger partial charge < -0.3 is 14.9 Å². The van der Waals surface area contributed by atoms with E-state index < -0.39 is 5.97 Å². The van der Waals surface area contributed by atoms with Gasteiger partial charge in [-0.25, -0.2) is 0 Å². The van der Waals surface area contributed by atoms with Crippen LogP contribution in [0.4, 0.5) is 0 Å². The number of nitrogens with one attached hydrogen (secondary N) is 1. The smallest absolute Gasteiger partial charge is 0.305 e. The molecule has 0 radical (unpaired) electrons. The highest BCUT2D eigenvalue weighted by molar-refractivity contribution is 5.67. The van der Waals surface area contributed by atoms with Crippen molar-refractivity contribution in [3.05, 3.63) is 0 Å². The molecule has 0 amide bonds. The summed E-state index contributed by atoms with van der Waals surface area (Å²) >= 11 is 0. The van der Waals surface area contributed by atoms with Crippen molar-refractivity contribution in [3.63, 3.8) is 0 Å². The van der Waals surface area contributed by atoms with Gasteiger partial charge >= 0.3 is 5.97 Å². The van der Waals surface area contributed by atoms with Crippen LogP contribution in [0.25, 0.3) is 0 Å². The van der Waals surface area contributed by atoms with Crippen molar-refractivity contribution in [1.82, 2.24) is 5.32 Å². The Hall–Kier alpha value is -0.610. The highest BCUT2D eigenvalue weighted by Crippen LogP contribution is 1.98. The van der Waals surface area contributed by atoms with Gasteiger partial charge in [-0.1, -0.05) is 0 Å². The maximum atomic E-state index is 10.4. The third kappa shape index (κ3) is 6.12. The fraction of sp³-hybridized carbons (Fsp3) is 0.875. The van der Waals surface area contributed by atoms with Crippen LogP contribution in [-0.4, -0.2) is 56.3 Å². The molecule has 0 rings (SSSR count). The van der Waals surface area contributed by atoms with Crippen LogP contribution in [0.15, 0.2) is 0 Å². The molecule has 0 aliphatic rings. The molecule has 12 heavy (non-hydrogen) atoms. The Labute approximate surface area is 73.8 Å². The first kappa shape index (κ1) is 11.4. The second kappa shape index (κ2) is 4.42. The highest BCUT2D eigenvalue weighted by atomic mass is 16.4. The molecular formula is C8H19N2O2+. The summed E-state index contributed by atoms with van der Waals surface area (Å²) in [7, 11) is 7.94. The third-order valence-corrected chi connectivity index (χ3v) is 1.60. The predicted octanol–water partition coefficient (Wildman–Crippen LogP) is -0.245. The van der Waals surface area contributed by atoms with Gasteiger partial charge in [-0.15, -0.1) is 0 Å². The molecule has 0 saturated carbocycles. The van der Waals surface area contributed by atoms with Gasteiger partial charge in [0.05, 0.1) is 40.2 Å². The number of hydrogen-bond acceptors (Lipinski definition) is 2. The minimum Gasteiger partial charge on any atom is -0.481 e. The molecule has 2 N–H and O–H groups in total. The van der Waals surface area contributed by atoms with Gasteiger partial charge in [0.2, 0.25) is 0 Å². The molecule has 0 saturated heterocycles. The molecule has 0 aliphatic heterocycles. The van der Waals surface area contributed by atoms with Crippen LogP contribution < -0.4 is 5.32 Å². The van der Waals surface area contributed by atoms with E-state index >= 15 is 0 Å². The molecule has 1 atom stereocenters. The largest absolute Gasteiger partial charge is 0.481 e. The van der Waals surface area contributed by atoms with Crippen molar-refractivity contribution >= 4 is 5.97 Å². The van der Waals surface area contributed by atoms with Gasteiger partial charge in [-0.05, 0) is 7.05 Å². The number of nitrogens with zero attached hydrogens (tertiary/aromatic N) is 1. The van der Waals surface area contributed by atoms with Crippen LogP contribution in [0.2, 0.25) is 0 Å². The maximum absolute atomic E-state index is 10.4. The normalized spacial score (nSPS) is 14.3. The lowest BCUT2D eigenvalue weighted by atomic mass is 10.2. The number of carboxylic acids is 1. The van der Waals surface area contributed by atoms with Gasteiger partial charge in [-0.3, -0.25) is 4.79 Å².